The van der Waals surface area contributed by atoms with Gasteiger partial charge in [-0.05, 0) is 111 Å². The Kier molecular flexibility index (Phi) is 6.02. The maximum Gasteiger partial charge on any atom is 0.0159 e. The van der Waals surface area contributed by atoms with E-state index in [9.17, 15) is 0 Å². The van der Waals surface area contributed by atoms with Crippen LogP contribution in [-0.2, 0) is 5.41 Å². The normalized spacial score (nSPS) is 13.3. The second-order valence-corrected chi connectivity index (χ2v) is 14.0. The topological polar surface area (TPSA) is 0 Å². The third-order valence-electron chi connectivity index (χ3n) is 11.0. The van der Waals surface area contributed by atoms with Crippen LogP contribution in [0.1, 0.15) is 25.0 Å². The summed E-state index contributed by atoms with van der Waals surface area (Å²) >= 11 is 0. The molecule has 1 aliphatic rings. The van der Waals surface area contributed by atoms with Crippen LogP contribution in [-0.4, -0.2) is 0 Å². The molecule has 0 bridgehead atoms. The van der Waals surface area contributed by atoms with Gasteiger partial charge in [0.25, 0.3) is 0 Å². The predicted molar refractivity (Wildman–Crippen MR) is 210 cm³/mol. The Labute approximate surface area is 286 Å². The zero-order valence-electron chi connectivity index (χ0n) is 27.7. The second kappa shape index (κ2) is 10.5. The van der Waals surface area contributed by atoms with E-state index in [-0.39, 0.29) is 5.41 Å². The molecule has 49 heavy (non-hydrogen) atoms. The van der Waals surface area contributed by atoms with Crippen LogP contribution < -0.4 is 0 Å². The van der Waals surface area contributed by atoms with Crippen LogP contribution in [0.3, 0.4) is 0 Å². The second-order valence-electron chi connectivity index (χ2n) is 14.0. The molecule has 0 aromatic heterocycles. The Morgan fingerprint density at radius 3 is 1.55 bits per heavy atom. The highest BCUT2D eigenvalue weighted by molar-refractivity contribution is 6.24. The first kappa shape index (κ1) is 28.1. The Bertz CT molecular complexity index is 2720. The van der Waals surface area contributed by atoms with E-state index in [2.05, 4.69) is 184 Å². The Balaban J connectivity index is 1.25. The van der Waals surface area contributed by atoms with Gasteiger partial charge in [0.15, 0.2) is 0 Å². The summed E-state index contributed by atoms with van der Waals surface area (Å²) in [5.41, 5.74) is 13.0. The highest BCUT2D eigenvalue weighted by Crippen LogP contribution is 2.51. The molecule has 0 unspecified atom stereocenters. The van der Waals surface area contributed by atoms with Gasteiger partial charge in [0.2, 0.25) is 0 Å². The van der Waals surface area contributed by atoms with E-state index in [0.29, 0.717) is 0 Å². The van der Waals surface area contributed by atoms with Crippen LogP contribution in [0.15, 0.2) is 170 Å². The molecule has 9 aromatic carbocycles. The molecule has 0 amide bonds. The zero-order chi connectivity index (χ0) is 32.7. The molecule has 9 aromatic rings. The van der Waals surface area contributed by atoms with E-state index >= 15 is 0 Å². The summed E-state index contributed by atoms with van der Waals surface area (Å²) in [6, 6.07) is 63.1. The van der Waals surface area contributed by atoms with Gasteiger partial charge < -0.3 is 0 Å². The molecule has 1 aliphatic carbocycles. The molecular weight excluding hydrogens is 589 g/mol. The lowest BCUT2D eigenvalue weighted by molar-refractivity contribution is 0.645. The highest BCUT2D eigenvalue weighted by Gasteiger charge is 2.33. The summed E-state index contributed by atoms with van der Waals surface area (Å²) in [4.78, 5) is 0. The van der Waals surface area contributed by atoms with Crippen LogP contribution in [0.2, 0.25) is 0 Å². The summed E-state index contributed by atoms with van der Waals surface area (Å²) in [5.74, 6) is 0. The third-order valence-corrected chi connectivity index (χ3v) is 11.0. The van der Waals surface area contributed by atoms with E-state index in [4.69, 9.17) is 0 Å². The van der Waals surface area contributed by atoms with Crippen molar-refractivity contribution in [2.24, 2.45) is 0 Å². The fourth-order valence-corrected chi connectivity index (χ4v) is 8.81. The molecule has 0 radical (unpaired) electrons. The van der Waals surface area contributed by atoms with Crippen molar-refractivity contribution in [2.75, 3.05) is 0 Å². The van der Waals surface area contributed by atoms with Crippen LogP contribution in [0.4, 0.5) is 0 Å². The minimum absolute atomic E-state index is 0.118. The van der Waals surface area contributed by atoms with Gasteiger partial charge in [0, 0.05) is 5.41 Å². The summed E-state index contributed by atoms with van der Waals surface area (Å²) in [6.07, 6.45) is 0. The monoisotopic (exact) mass is 622 g/mol. The Morgan fingerprint density at radius 2 is 0.857 bits per heavy atom. The van der Waals surface area contributed by atoms with Crippen LogP contribution in [0, 0.1) is 0 Å². The number of hydrogen-bond donors (Lipinski definition) is 0. The zero-order valence-corrected chi connectivity index (χ0v) is 27.7. The average Bonchev–Trinajstić information content (AvgIpc) is 3.16. The summed E-state index contributed by atoms with van der Waals surface area (Å²) < 4.78 is 0. The minimum Gasteiger partial charge on any atom is -0.0622 e. The number of rotatable bonds is 3. The van der Waals surface area contributed by atoms with E-state index < -0.39 is 0 Å². The largest absolute Gasteiger partial charge is 0.0622 e. The van der Waals surface area contributed by atoms with Gasteiger partial charge in [0.05, 0.1) is 0 Å². The molecule has 0 N–H and O–H groups in total. The average molecular weight is 623 g/mol. The van der Waals surface area contributed by atoms with Gasteiger partial charge in [-0.2, -0.15) is 0 Å². The van der Waals surface area contributed by atoms with Crippen molar-refractivity contribution in [1.29, 1.82) is 0 Å². The van der Waals surface area contributed by atoms with Gasteiger partial charge in [-0.25, -0.2) is 0 Å². The fourth-order valence-electron chi connectivity index (χ4n) is 8.81. The molecule has 0 heterocycles. The molecule has 0 fully saturated rings. The first-order valence-corrected chi connectivity index (χ1v) is 17.3. The predicted octanol–water partition coefficient (Wildman–Crippen LogP) is 13.6. The van der Waals surface area contributed by atoms with Crippen molar-refractivity contribution in [3.05, 3.63) is 181 Å². The maximum atomic E-state index is 2.47. The molecule has 0 nitrogen and oxygen atoms in total. The van der Waals surface area contributed by atoms with E-state index in [1.165, 1.54) is 98.7 Å². The summed E-state index contributed by atoms with van der Waals surface area (Å²) in [6.45, 7) is 4.77. The van der Waals surface area contributed by atoms with Crippen molar-refractivity contribution in [1.82, 2.24) is 0 Å². The van der Waals surface area contributed by atoms with Crippen LogP contribution >= 0.6 is 0 Å². The standard InChI is InChI=1S/C49H34/c1-49(2)44-26-13-12-20-37(44)38-25-14-17-32-29-33(30-45(49)47(32)38)34-27-28-43(36-19-7-6-18-35(34)36)48-41-23-10-8-21-39(41)46(31-15-4-3-5-16-31)40-22-9-11-24-42(40)48/h3-30H,1-2H3. The lowest BCUT2D eigenvalue weighted by Gasteiger charge is -2.35. The van der Waals surface area contributed by atoms with Crippen molar-refractivity contribution in [2.45, 2.75) is 19.3 Å². The van der Waals surface area contributed by atoms with Crippen molar-refractivity contribution in [3.63, 3.8) is 0 Å². The van der Waals surface area contributed by atoms with Crippen molar-refractivity contribution in [3.8, 4) is 44.5 Å². The first-order valence-electron chi connectivity index (χ1n) is 17.3. The lowest BCUT2D eigenvalue weighted by Crippen LogP contribution is -2.23. The van der Waals surface area contributed by atoms with E-state index in [1.807, 2.05) is 0 Å². The quantitative estimate of drug-likeness (QED) is 0.172. The molecule has 230 valence electrons. The highest BCUT2D eigenvalue weighted by atomic mass is 14.4. The van der Waals surface area contributed by atoms with E-state index in [1.54, 1.807) is 0 Å². The summed E-state index contributed by atoms with van der Waals surface area (Å²) in [5, 5.41) is 10.3. The van der Waals surface area contributed by atoms with E-state index in [0.717, 1.165) is 0 Å². The Hall–Kier alpha value is -5.98. The molecule has 10 rings (SSSR count). The smallest absolute Gasteiger partial charge is 0.0159 e. The molecule has 0 heteroatoms. The van der Waals surface area contributed by atoms with Crippen LogP contribution in [0.5, 0.6) is 0 Å². The number of fused-ring (bicyclic) bond motifs is 5. The maximum absolute atomic E-state index is 2.47. The van der Waals surface area contributed by atoms with Gasteiger partial charge in [-0.3, -0.25) is 0 Å². The third kappa shape index (κ3) is 4.04. The van der Waals surface area contributed by atoms with Gasteiger partial charge in [-0.1, -0.05) is 172 Å². The summed E-state index contributed by atoms with van der Waals surface area (Å²) in [7, 11) is 0. The number of hydrogen-bond acceptors (Lipinski definition) is 0. The molecule has 0 atom stereocenters. The Morgan fingerprint density at radius 1 is 0.327 bits per heavy atom. The van der Waals surface area contributed by atoms with Gasteiger partial charge >= 0.3 is 0 Å². The minimum atomic E-state index is -0.118. The number of benzene rings is 9. The van der Waals surface area contributed by atoms with Crippen molar-refractivity contribution >= 4 is 43.1 Å². The van der Waals surface area contributed by atoms with Crippen LogP contribution in [0.25, 0.3) is 87.6 Å². The lowest BCUT2D eigenvalue weighted by atomic mass is 9.68. The first-order chi connectivity index (χ1) is 24.1. The van der Waals surface area contributed by atoms with Gasteiger partial charge in [0.1, 0.15) is 0 Å². The van der Waals surface area contributed by atoms with Crippen molar-refractivity contribution < 1.29 is 0 Å². The molecule has 0 spiro atoms. The van der Waals surface area contributed by atoms with Gasteiger partial charge in [-0.15, -0.1) is 0 Å². The fraction of sp³-hybridized carbons (Fsp3) is 0.0612. The molecule has 0 aliphatic heterocycles. The molecular formula is C49H34. The molecule has 0 saturated heterocycles. The SMILES string of the molecule is CC1(C)c2ccccc2-c2cccc3cc(-c4ccc(-c5c6ccccc6c(-c6ccccc6)c6ccccc56)c5ccccc45)cc1c23. The molecule has 0 saturated carbocycles.